The van der Waals surface area contributed by atoms with Gasteiger partial charge in [0.15, 0.2) is 12.2 Å². The van der Waals surface area contributed by atoms with Crippen LogP contribution in [0.1, 0.15) is 376 Å². The molecule has 93 heavy (non-hydrogen) atoms. The first-order valence-electron chi connectivity index (χ1n) is 38.4. The fraction of sp³-hybridized carbons (Fsp3) is 0.946. The smallest absolute Gasteiger partial charge is 0.462 e. The van der Waals surface area contributed by atoms with Crippen molar-refractivity contribution in [2.24, 2.45) is 17.8 Å². The van der Waals surface area contributed by atoms with E-state index in [4.69, 9.17) is 37.0 Å². The number of esters is 4. The highest BCUT2D eigenvalue weighted by Crippen LogP contribution is 2.45. The van der Waals surface area contributed by atoms with Crippen LogP contribution in [0.5, 0.6) is 0 Å². The molecule has 0 saturated carbocycles. The van der Waals surface area contributed by atoms with Gasteiger partial charge in [-0.1, -0.05) is 325 Å². The Morgan fingerprint density at radius 1 is 0.312 bits per heavy atom. The Morgan fingerprint density at radius 3 is 0.817 bits per heavy atom. The topological polar surface area (TPSA) is 237 Å². The van der Waals surface area contributed by atoms with Crippen LogP contribution in [0.3, 0.4) is 0 Å². The van der Waals surface area contributed by atoms with Gasteiger partial charge in [0.2, 0.25) is 0 Å². The van der Waals surface area contributed by atoms with E-state index in [-0.39, 0.29) is 25.7 Å². The summed E-state index contributed by atoms with van der Waals surface area (Å²) in [5.41, 5.74) is 0. The van der Waals surface area contributed by atoms with Crippen LogP contribution in [-0.4, -0.2) is 96.7 Å². The van der Waals surface area contributed by atoms with E-state index in [0.717, 1.165) is 108 Å². The van der Waals surface area contributed by atoms with Crippen molar-refractivity contribution in [3.8, 4) is 0 Å². The lowest BCUT2D eigenvalue weighted by Gasteiger charge is -2.21. The van der Waals surface area contributed by atoms with Gasteiger partial charge in [-0.25, -0.2) is 9.13 Å². The lowest BCUT2D eigenvalue weighted by atomic mass is 9.99. The summed E-state index contributed by atoms with van der Waals surface area (Å²) in [7, 11) is -9.91. The molecule has 6 atom stereocenters. The Kier molecular flexibility index (Phi) is 63.4. The van der Waals surface area contributed by atoms with E-state index in [1.165, 1.54) is 186 Å². The molecule has 3 N–H and O–H groups in total. The van der Waals surface area contributed by atoms with Crippen LogP contribution in [0.15, 0.2) is 0 Å². The zero-order valence-corrected chi connectivity index (χ0v) is 62.5. The van der Waals surface area contributed by atoms with E-state index in [1.54, 1.807) is 0 Å². The Morgan fingerprint density at radius 2 is 0.548 bits per heavy atom. The summed E-state index contributed by atoms with van der Waals surface area (Å²) in [5, 5.41) is 10.6. The Labute approximate surface area is 568 Å². The molecule has 0 aromatic heterocycles. The minimum absolute atomic E-state index is 0.106. The highest BCUT2D eigenvalue weighted by atomic mass is 31.2. The van der Waals surface area contributed by atoms with Crippen molar-refractivity contribution in [3.05, 3.63) is 0 Å². The van der Waals surface area contributed by atoms with Gasteiger partial charge >= 0.3 is 39.5 Å². The first-order valence-corrected chi connectivity index (χ1v) is 41.4. The van der Waals surface area contributed by atoms with Crippen molar-refractivity contribution >= 4 is 39.5 Å². The summed E-state index contributed by atoms with van der Waals surface area (Å²) < 4.78 is 68.4. The lowest BCUT2D eigenvalue weighted by molar-refractivity contribution is -0.161. The number of aliphatic hydroxyl groups excluding tert-OH is 1. The van der Waals surface area contributed by atoms with Crippen molar-refractivity contribution < 1.29 is 80.2 Å². The van der Waals surface area contributed by atoms with E-state index < -0.39 is 97.5 Å². The normalized spacial score (nSPS) is 14.4. The number of carbonyl (C=O) groups is 4. The first-order chi connectivity index (χ1) is 44.8. The molecule has 3 unspecified atom stereocenters. The zero-order chi connectivity index (χ0) is 68.7. The quantitative estimate of drug-likeness (QED) is 0.0222. The third kappa shape index (κ3) is 67.0. The van der Waals surface area contributed by atoms with Gasteiger partial charge in [-0.3, -0.25) is 37.3 Å². The second-order valence-electron chi connectivity index (χ2n) is 27.9. The van der Waals surface area contributed by atoms with Crippen molar-refractivity contribution in [1.82, 2.24) is 0 Å². The molecule has 0 amide bonds. The van der Waals surface area contributed by atoms with Crippen molar-refractivity contribution in [2.75, 3.05) is 39.6 Å². The molecule has 0 rings (SSSR count). The molecular formula is C74H144O17P2. The maximum atomic E-state index is 13.1. The number of phosphoric ester groups is 2. The van der Waals surface area contributed by atoms with Crippen LogP contribution in [0.25, 0.3) is 0 Å². The van der Waals surface area contributed by atoms with Gasteiger partial charge in [0.25, 0.3) is 0 Å². The molecule has 0 bridgehead atoms. The van der Waals surface area contributed by atoms with Gasteiger partial charge in [0.1, 0.15) is 19.3 Å². The molecule has 0 heterocycles. The first kappa shape index (κ1) is 91.1. The molecule has 0 aromatic rings. The minimum atomic E-state index is -4.96. The summed E-state index contributed by atoms with van der Waals surface area (Å²) in [5.74, 6) is 0.241. The largest absolute Gasteiger partial charge is 0.472 e. The molecular weight excluding hydrogens is 1220 g/mol. The van der Waals surface area contributed by atoms with Gasteiger partial charge in [-0.05, 0) is 43.4 Å². The predicted molar refractivity (Wildman–Crippen MR) is 377 cm³/mol. The van der Waals surface area contributed by atoms with E-state index in [2.05, 4.69) is 48.5 Å². The molecule has 0 aliphatic rings. The van der Waals surface area contributed by atoms with Crippen LogP contribution < -0.4 is 0 Å². The number of carbonyl (C=O) groups excluding carboxylic acids is 4. The molecule has 0 aromatic carbocycles. The number of unbranched alkanes of at least 4 members (excludes halogenated alkanes) is 39. The Balaban J connectivity index is 5.25. The zero-order valence-electron chi connectivity index (χ0n) is 60.7. The summed E-state index contributed by atoms with van der Waals surface area (Å²) in [6.07, 6.45) is 49.8. The van der Waals surface area contributed by atoms with E-state index >= 15 is 0 Å². The van der Waals surface area contributed by atoms with Crippen molar-refractivity contribution in [3.63, 3.8) is 0 Å². The molecule has 0 saturated heterocycles. The van der Waals surface area contributed by atoms with Crippen LogP contribution in [0.2, 0.25) is 0 Å². The second kappa shape index (κ2) is 64.7. The average Bonchev–Trinajstić information content (AvgIpc) is 2.05. The molecule has 0 aliphatic heterocycles. The van der Waals surface area contributed by atoms with E-state index in [9.17, 15) is 43.2 Å². The van der Waals surface area contributed by atoms with Gasteiger partial charge in [0.05, 0.1) is 26.4 Å². The SMILES string of the molecule is CCCCCCCCCCCC(=O)OC[C@H](COP(=O)(O)OC[C@H](O)COP(=O)(O)OC[C@@H](COC(=O)CCCCCCCCCCCCCCC(C)C)OC(=O)CCCCCCCCCCCCCCC(C)C)OC(=O)CCCCCCCCCCCCC(C)CC. The summed E-state index contributed by atoms with van der Waals surface area (Å²) in [6, 6.07) is 0. The van der Waals surface area contributed by atoms with Gasteiger partial charge in [-0.15, -0.1) is 0 Å². The minimum Gasteiger partial charge on any atom is -0.462 e. The molecule has 0 fully saturated rings. The summed E-state index contributed by atoms with van der Waals surface area (Å²) in [6.45, 7) is 11.9. The predicted octanol–water partition coefficient (Wildman–Crippen LogP) is 21.4. The third-order valence-electron chi connectivity index (χ3n) is 17.5. The number of hydrogen-bond acceptors (Lipinski definition) is 15. The number of rotatable bonds is 72. The highest BCUT2D eigenvalue weighted by Gasteiger charge is 2.30. The number of ether oxygens (including phenoxy) is 4. The van der Waals surface area contributed by atoms with Crippen LogP contribution in [-0.2, 0) is 65.4 Å². The van der Waals surface area contributed by atoms with Gasteiger partial charge < -0.3 is 33.8 Å². The molecule has 19 heteroatoms. The summed E-state index contributed by atoms with van der Waals surface area (Å²) in [4.78, 5) is 72.7. The summed E-state index contributed by atoms with van der Waals surface area (Å²) >= 11 is 0. The second-order valence-corrected chi connectivity index (χ2v) is 30.8. The molecule has 17 nitrogen and oxygen atoms in total. The fourth-order valence-electron chi connectivity index (χ4n) is 11.2. The standard InChI is InChI=1S/C74H144O17P2/c1-8-10-11-12-13-24-34-41-48-55-71(76)84-61-69(91-74(79)58-51-44-37-30-23-22-27-33-40-47-54-67(7)9-2)63-88-92(80,81)86-59-68(75)60-87-93(82,83)89-64-70(90-73(78)57-50-43-36-29-21-17-15-19-26-32-39-46-53-66(5)6)62-85-72(77)56-49-42-35-28-20-16-14-18-25-31-38-45-52-65(3)4/h65-70,75H,8-64H2,1-7H3,(H,80,81)(H,82,83)/t67?,68-,69+,70+/m0/s1. The number of hydrogen-bond donors (Lipinski definition) is 3. The highest BCUT2D eigenvalue weighted by molar-refractivity contribution is 7.47. The lowest BCUT2D eigenvalue weighted by Crippen LogP contribution is -2.30. The molecule has 0 spiro atoms. The average molecular weight is 1370 g/mol. The van der Waals surface area contributed by atoms with Crippen molar-refractivity contribution in [1.29, 1.82) is 0 Å². The maximum Gasteiger partial charge on any atom is 0.472 e. The van der Waals surface area contributed by atoms with Gasteiger partial charge in [0, 0.05) is 25.7 Å². The number of phosphoric acid groups is 2. The molecule has 0 aliphatic carbocycles. The third-order valence-corrected chi connectivity index (χ3v) is 19.4. The molecule has 552 valence electrons. The van der Waals surface area contributed by atoms with Crippen LogP contribution in [0, 0.1) is 17.8 Å². The van der Waals surface area contributed by atoms with Crippen LogP contribution in [0.4, 0.5) is 0 Å². The van der Waals surface area contributed by atoms with Crippen LogP contribution >= 0.6 is 15.6 Å². The van der Waals surface area contributed by atoms with E-state index in [0.29, 0.717) is 25.7 Å². The van der Waals surface area contributed by atoms with Crippen molar-refractivity contribution in [2.45, 2.75) is 394 Å². The maximum absolute atomic E-state index is 13.1. The monoisotopic (exact) mass is 1370 g/mol. The van der Waals surface area contributed by atoms with Gasteiger partial charge in [-0.2, -0.15) is 0 Å². The number of aliphatic hydroxyl groups is 1. The fourth-order valence-corrected chi connectivity index (χ4v) is 12.8. The molecule has 0 radical (unpaired) electrons. The Bertz CT molecular complexity index is 1820. The Hall–Kier alpha value is -1.94. The van der Waals surface area contributed by atoms with E-state index in [1.807, 2.05) is 0 Å².